The van der Waals surface area contributed by atoms with Gasteiger partial charge in [0.05, 0.1) is 5.56 Å². The maximum Gasteiger partial charge on any atom is 0.256 e. The first-order valence-corrected chi connectivity index (χ1v) is 6.76. The van der Waals surface area contributed by atoms with Gasteiger partial charge in [-0.25, -0.2) is 0 Å². The van der Waals surface area contributed by atoms with Crippen LogP contribution in [0, 0.1) is 6.92 Å². The molecule has 1 aliphatic heterocycles. The summed E-state index contributed by atoms with van der Waals surface area (Å²) in [4.78, 5) is 26.3. The Hall–Kier alpha value is -2.04. The smallest absolute Gasteiger partial charge is 0.256 e. The third-order valence-corrected chi connectivity index (χ3v) is 3.77. The lowest BCUT2D eigenvalue weighted by Crippen LogP contribution is -2.63. The van der Waals surface area contributed by atoms with Gasteiger partial charge in [-0.1, -0.05) is 6.07 Å². The van der Waals surface area contributed by atoms with Gasteiger partial charge in [-0.05, 0) is 38.5 Å². The van der Waals surface area contributed by atoms with E-state index >= 15 is 0 Å². The number of anilines is 1. The standard InChI is InChI=1S/C15H21N3O2/c1-10-5-6-11(12(9-10)16-4)13(19)18-8-7-17-14(20)15(18,2)3/h5-6,9,16H,7-8H2,1-4H3,(H,17,20). The molecule has 2 amide bonds. The zero-order chi connectivity index (χ0) is 14.9. The molecular formula is C15H21N3O2. The highest BCUT2D eigenvalue weighted by Gasteiger charge is 2.41. The van der Waals surface area contributed by atoms with Gasteiger partial charge in [-0.2, -0.15) is 0 Å². The van der Waals surface area contributed by atoms with Gasteiger partial charge in [0.2, 0.25) is 5.91 Å². The number of carbonyl (C=O) groups is 2. The number of hydrogen-bond acceptors (Lipinski definition) is 3. The molecule has 1 heterocycles. The van der Waals surface area contributed by atoms with Crippen LogP contribution < -0.4 is 10.6 Å². The molecular weight excluding hydrogens is 254 g/mol. The van der Waals surface area contributed by atoms with Gasteiger partial charge in [-0.15, -0.1) is 0 Å². The van der Waals surface area contributed by atoms with Crippen molar-refractivity contribution >= 4 is 17.5 Å². The summed E-state index contributed by atoms with van der Waals surface area (Å²) in [6, 6.07) is 5.65. The van der Waals surface area contributed by atoms with Crippen molar-refractivity contribution in [2.75, 3.05) is 25.5 Å². The van der Waals surface area contributed by atoms with Crippen LogP contribution in [0.2, 0.25) is 0 Å². The van der Waals surface area contributed by atoms with E-state index in [1.807, 2.05) is 25.1 Å². The van der Waals surface area contributed by atoms with Crippen molar-refractivity contribution < 1.29 is 9.59 Å². The van der Waals surface area contributed by atoms with Crippen molar-refractivity contribution in [1.29, 1.82) is 0 Å². The quantitative estimate of drug-likeness (QED) is 0.857. The highest BCUT2D eigenvalue weighted by atomic mass is 16.2. The second kappa shape index (κ2) is 5.15. The van der Waals surface area contributed by atoms with Gasteiger partial charge in [0, 0.05) is 25.8 Å². The van der Waals surface area contributed by atoms with Crippen LogP contribution in [0.3, 0.4) is 0 Å². The van der Waals surface area contributed by atoms with Gasteiger partial charge in [0.15, 0.2) is 0 Å². The summed E-state index contributed by atoms with van der Waals surface area (Å²) in [5.74, 6) is -0.232. The molecule has 1 aromatic rings. The van der Waals surface area contributed by atoms with E-state index < -0.39 is 5.54 Å². The largest absolute Gasteiger partial charge is 0.387 e. The Labute approximate surface area is 119 Å². The molecule has 5 nitrogen and oxygen atoms in total. The Kier molecular flexibility index (Phi) is 3.70. The fourth-order valence-corrected chi connectivity index (χ4v) is 2.45. The number of amides is 2. The lowest BCUT2D eigenvalue weighted by Gasteiger charge is -2.41. The number of nitrogens with zero attached hydrogens (tertiary/aromatic N) is 1. The predicted octanol–water partition coefficient (Wildman–Crippen LogP) is 1.39. The topological polar surface area (TPSA) is 61.4 Å². The predicted molar refractivity (Wildman–Crippen MR) is 78.9 cm³/mol. The van der Waals surface area contributed by atoms with E-state index in [9.17, 15) is 9.59 Å². The van der Waals surface area contributed by atoms with Crippen LogP contribution in [0.25, 0.3) is 0 Å². The van der Waals surface area contributed by atoms with E-state index in [0.29, 0.717) is 18.7 Å². The van der Waals surface area contributed by atoms with Crippen molar-refractivity contribution in [3.05, 3.63) is 29.3 Å². The lowest BCUT2D eigenvalue weighted by atomic mass is 9.97. The molecule has 0 saturated carbocycles. The van der Waals surface area contributed by atoms with Crippen molar-refractivity contribution in [3.8, 4) is 0 Å². The highest BCUT2D eigenvalue weighted by molar-refractivity contribution is 6.03. The van der Waals surface area contributed by atoms with E-state index in [4.69, 9.17) is 0 Å². The van der Waals surface area contributed by atoms with E-state index in [1.54, 1.807) is 25.8 Å². The molecule has 1 aliphatic rings. The molecule has 1 aromatic carbocycles. The number of hydrogen-bond donors (Lipinski definition) is 2. The zero-order valence-corrected chi connectivity index (χ0v) is 12.4. The fourth-order valence-electron chi connectivity index (χ4n) is 2.45. The van der Waals surface area contributed by atoms with Crippen LogP contribution in [-0.4, -0.2) is 42.4 Å². The first kappa shape index (κ1) is 14.4. The normalized spacial score (nSPS) is 17.6. The molecule has 2 rings (SSSR count). The summed E-state index contributed by atoms with van der Waals surface area (Å²) < 4.78 is 0. The van der Waals surface area contributed by atoms with Gasteiger partial charge >= 0.3 is 0 Å². The monoisotopic (exact) mass is 275 g/mol. The summed E-state index contributed by atoms with van der Waals surface area (Å²) in [5.41, 5.74) is 1.64. The molecule has 0 radical (unpaired) electrons. The Morgan fingerprint density at radius 2 is 2.10 bits per heavy atom. The Morgan fingerprint density at radius 1 is 1.40 bits per heavy atom. The van der Waals surface area contributed by atoms with Crippen LogP contribution in [0.15, 0.2) is 18.2 Å². The van der Waals surface area contributed by atoms with Crippen LogP contribution in [0.5, 0.6) is 0 Å². The first-order valence-electron chi connectivity index (χ1n) is 6.76. The molecule has 0 aromatic heterocycles. The fraction of sp³-hybridized carbons (Fsp3) is 0.467. The van der Waals surface area contributed by atoms with E-state index in [0.717, 1.165) is 11.3 Å². The van der Waals surface area contributed by atoms with Crippen LogP contribution in [-0.2, 0) is 4.79 Å². The average Bonchev–Trinajstić information content (AvgIpc) is 2.41. The van der Waals surface area contributed by atoms with Crippen molar-refractivity contribution in [1.82, 2.24) is 10.2 Å². The van der Waals surface area contributed by atoms with E-state index in [1.165, 1.54) is 0 Å². The second-order valence-electron chi connectivity index (χ2n) is 5.57. The number of nitrogens with one attached hydrogen (secondary N) is 2. The van der Waals surface area contributed by atoms with E-state index in [-0.39, 0.29) is 11.8 Å². The minimum atomic E-state index is -0.828. The van der Waals surface area contributed by atoms with Crippen molar-refractivity contribution in [3.63, 3.8) is 0 Å². The number of piperazine rings is 1. The molecule has 2 N–H and O–H groups in total. The minimum Gasteiger partial charge on any atom is -0.387 e. The molecule has 5 heteroatoms. The van der Waals surface area contributed by atoms with Crippen LogP contribution in [0.1, 0.15) is 29.8 Å². The molecule has 0 unspecified atom stereocenters. The van der Waals surface area contributed by atoms with Gasteiger partial charge in [0.1, 0.15) is 5.54 Å². The molecule has 0 bridgehead atoms. The summed E-state index contributed by atoms with van der Waals surface area (Å²) in [6.45, 7) is 6.54. The zero-order valence-electron chi connectivity index (χ0n) is 12.4. The van der Waals surface area contributed by atoms with Crippen LogP contribution in [0.4, 0.5) is 5.69 Å². The molecule has 20 heavy (non-hydrogen) atoms. The summed E-state index contributed by atoms with van der Waals surface area (Å²) in [6.07, 6.45) is 0. The third kappa shape index (κ3) is 2.35. The summed E-state index contributed by atoms with van der Waals surface area (Å²) >= 11 is 0. The maximum atomic E-state index is 12.8. The molecule has 1 fully saturated rings. The highest BCUT2D eigenvalue weighted by Crippen LogP contribution is 2.25. The number of benzene rings is 1. The number of carbonyl (C=O) groups excluding carboxylic acids is 2. The SMILES string of the molecule is CNc1cc(C)ccc1C(=O)N1CCNC(=O)C1(C)C. The first-order chi connectivity index (χ1) is 9.37. The third-order valence-electron chi connectivity index (χ3n) is 3.77. The van der Waals surface area contributed by atoms with Crippen molar-refractivity contribution in [2.24, 2.45) is 0 Å². The summed E-state index contributed by atoms with van der Waals surface area (Å²) in [7, 11) is 1.79. The maximum absolute atomic E-state index is 12.8. The minimum absolute atomic E-state index is 0.116. The van der Waals surface area contributed by atoms with Gasteiger partial charge < -0.3 is 15.5 Å². The summed E-state index contributed by atoms with van der Waals surface area (Å²) in [5, 5.41) is 5.84. The van der Waals surface area contributed by atoms with Crippen molar-refractivity contribution in [2.45, 2.75) is 26.3 Å². The van der Waals surface area contributed by atoms with E-state index in [2.05, 4.69) is 10.6 Å². The Bertz CT molecular complexity index is 552. The molecule has 0 atom stereocenters. The Balaban J connectivity index is 2.38. The molecule has 0 aliphatic carbocycles. The van der Waals surface area contributed by atoms with Gasteiger partial charge in [0.25, 0.3) is 5.91 Å². The number of rotatable bonds is 2. The lowest BCUT2D eigenvalue weighted by molar-refractivity contribution is -0.133. The Morgan fingerprint density at radius 3 is 2.75 bits per heavy atom. The van der Waals surface area contributed by atoms with Crippen LogP contribution >= 0.6 is 0 Å². The number of aryl methyl sites for hydroxylation is 1. The molecule has 108 valence electrons. The molecule has 1 saturated heterocycles. The molecule has 0 spiro atoms. The van der Waals surface area contributed by atoms with Gasteiger partial charge in [-0.3, -0.25) is 9.59 Å². The second-order valence-corrected chi connectivity index (χ2v) is 5.57. The average molecular weight is 275 g/mol.